The first-order valence-corrected chi connectivity index (χ1v) is 5.30. The molecule has 108 valence electrons. The maximum atomic E-state index is 13.5. The van der Waals surface area contributed by atoms with Crippen molar-refractivity contribution in [2.75, 3.05) is 6.61 Å². The molecule has 0 bridgehead atoms. The summed E-state index contributed by atoms with van der Waals surface area (Å²) in [5.41, 5.74) is -2.93. The summed E-state index contributed by atoms with van der Waals surface area (Å²) >= 11 is 0. The predicted molar refractivity (Wildman–Crippen MR) is 58.6 cm³/mol. The summed E-state index contributed by atoms with van der Waals surface area (Å²) < 4.78 is 44.1. The van der Waals surface area contributed by atoms with Gasteiger partial charge in [0.05, 0.1) is 11.5 Å². The minimum Gasteiger partial charge on any atom is -0.466 e. The van der Waals surface area contributed by atoms with E-state index in [2.05, 4.69) is 4.74 Å². The number of hydrogen-bond acceptors (Lipinski definition) is 5. The molecule has 0 aliphatic heterocycles. The van der Waals surface area contributed by atoms with E-state index in [-0.39, 0.29) is 12.7 Å². The summed E-state index contributed by atoms with van der Waals surface area (Å²) in [5.74, 6) is -7.82. The molecule has 0 heterocycles. The number of esters is 1. The molecule has 0 aromatic heterocycles. The number of halogens is 3. The van der Waals surface area contributed by atoms with Gasteiger partial charge in [-0.05, 0) is 6.92 Å². The Bertz CT molecular complexity index is 588. The third-order valence-electron chi connectivity index (χ3n) is 2.22. The van der Waals surface area contributed by atoms with Crippen LogP contribution < -0.4 is 0 Å². The number of ketones is 1. The van der Waals surface area contributed by atoms with Crippen molar-refractivity contribution in [2.45, 2.75) is 13.3 Å². The van der Waals surface area contributed by atoms with Crippen molar-refractivity contribution in [3.63, 3.8) is 0 Å². The van der Waals surface area contributed by atoms with Crippen molar-refractivity contribution in [1.82, 2.24) is 0 Å². The molecule has 0 unspecified atom stereocenters. The fraction of sp³-hybridized carbons (Fsp3) is 0.273. The highest BCUT2D eigenvalue weighted by molar-refractivity contribution is 6.08. The van der Waals surface area contributed by atoms with Crippen LogP contribution in [0.3, 0.4) is 0 Å². The Hall–Kier alpha value is -2.45. The van der Waals surface area contributed by atoms with E-state index in [9.17, 15) is 32.9 Å². The Morgan fingerprint density at radius 3 is 2.40 bits per heavy atom. The standard InChI is InChI=1S/C11H8F3NO5/c1-2-20-8(17)4-7(16)9-5(12)3-6(13)10(14)11(9)15(18)19/h3H,2,4H2,1H3. The van der Waals surface area contributed by atoms with Crippen LogP contribution in [0.2, 0.25) is 0 Å². The first-order valence-electron chi connectivity index (χ1n) is 5.30. The van der Waals surface area contributed by atoms with Gasteiger partial charge in [-0.1, -0.05) is 0 Å². The normalized spacial score (nSPS) is 10.2. The number of carbonyl (C=O) groups excluding carboxylic acids is 2. The number of Topliss-reactive ketones (excluding diaryl/α,β-unsaturated/α-hetero) is 1. The summed E-state index contributed by atoms with van der Waals surface area (Å²) in [6.45, 7) is 1.39. The van der Waals surface area contributed by atoms with E-state index in [0.29, 0.717) is 0 Å². The molecule has 1 rings (SSSR count). The molecule has 1 aromatic rings. The van der Waals surface area contributed by atoms with Crippen molar-refractivity contribution in [2.24, 2.45) is 0 Å². The summed E-state index contributed by atoms with van der Waals surface area (Å²) in [5, 5.41) is 10.6. The van der Waals surface area contributed by atoms with E-state index in [1.807, 2.05) is 0 Å². The van der Waals surface area contributed by atoms with Crippen LogP contribution in [-0.4, -0.2) is 23.3 Å². The zero-order valence-corrected chi connectivity index (χ0v) is 10.1. The molecule has 0 fully saturated rings. The SMILES string of the molecule is CCOC(=O)CC(=O)c1c(F)cc(F)c(F)c1[N+](=O)[O-]. The van der Waals surface area contributed by atoms with Gasteiger partial charge in [-0.15, -0.1) is 0 Å². The van der Waals surface area contributed by atoms with E-state index in [1.54, 1.807) is 0 Å². The third-order valence-corrected chi connectivity index (χ3v) is 2.22. The lowest BCUT2D eigenvalue weighted by atomic mass is 10.0. The van der Waals surface area contributed by atoms with Crippen LogP contribution in [0, 0.1) is 27.6 Å². The molecule has 0 aliphatic rings. The van der Waals surface area contributed by atoms with Gasteiger partial charge in [-0.3, -0.25) is 19.7 Å². The Kier molecular flexibility index (Phi) is 4.78. The fourth-order valence-electron chi connectivity index (χ4n) is 1.45. The molecule has 9 heteroatoms. The number of benzene rings is 1. The van der Waals surface area contributed by atoms with Gasteiger partial charge < -0.3 is 4.74 Å². The largest absolute Gasteiger partial charge is 0.466 e. The van der Waals surface area contributed by atoms with Crippen LogP contribution >= 0.6 is 0 Å². The lowest BCUT2D eigenvalue weighted by molar-refractivity contribution is -0.388. The van der Waals surface area contributed by atoms with Crippen LogP contribution in [0.4, 0.5) is 18.9 Å². The Balaban J connectivity index is 3.30. The van der Waals surface area contributed by atoms with Crippen LogP contribution in [-0.2, 0) is 9.53 Å². The monoisotopic (exact) mass is 291 g/mol. The van der Waals surface area contributed by atoms with Crippen LogP contribution in [0.15, 0.2) is 6.07 Å². The Labute approximate surface area is 110 Å². The van der Waals surface area contributed by atoms with E-state index in [1.165, 1.54) is 6.92 Å². The van der Waals surface area contributed by atoms with Gasteiger partial charge in [0.15, 0.2) is 11.6 Å². The van der Waals surface area contributed by atoms with Gasteiger partial charge >= 0.3 is 11.7 Å². The number of carbonyl (C=O) groups is 2. The van der Waals surface area contributed by atoms with Gasteiger partial charge in [0, 0.05) is 6.07 Å². The minimum absolute atomic E-state index is 0.000715. The number of ether oxygens (including phenoxy) is 1. The Morgan fingerprint density at radius 2 is 1.90 bits per heavy atom. The highest BCUT2D eigenvalue weighted by Gasteiger charge is 2.33. The quantitative estimate of drug-likeness (QED) is 0.207. The molecule has 0 N–H and O–H groups in total. The predicted octanol–water partition coefficient (Wildman–Crippen LogP) is 2.15. The molecule has 0 spiro atoms. The molecule has 0 atom stereocenters. The van der Waals surface area contributed by atoms with Crippen molar-refractivity contribution in [1.29, 1.82) is 0 Å². The molecular weight excluding hydrogens is 283 g/mol. The maximum Gasteiger partial charge on any atom is 0.321 e. The van der Waals surface area contributed by atoms with E-state index in [0.717, 1.165) is 0 Å². The first-order chi connectivity index (χ1) is 9.29. The van der Waals surface area contributed by atoms with Crippen LogP contribution in [0.25, 0.3) is 0 Å². The molecule has 6 nitrogen and oxygen atoms in total. The average molecular weight is 291 g/mol. The first kappa shape index (κ1) is 15.6. The number of nitro groups is 1. The van der Waals surface area contributed by atoms with Gasteiger partial charge in [-0.2, -0.15) is 4.39 Å². The molecule has 0 amide bonds. The van der Waals surface area contributed by atoms with E-state index in [4.69, 9.17) is 0 Å². The van der Waals surface area contributed by atoms with E-state index >= 15 is 0 Å². The second-order valence-electron chi connectivity index (χ2n) is 3.54. The van der Waals surface area contributed by atoms with Crippen LogP contribution in [0.5, 0.6) is 0 Å². The summed E-state index contributed by atoms with van der Waals surface area (Å²) in [6, 6.07) is 0.000715. The van der Waals surface area contributed by atoms with Gasteiger partial charge in [0.2, 0.25) is 5.82 Å². The zero-order valence-electron chi connectivity index (χ0n) is 10.1. The number of rotatable bonds is 5. The average Bonchev–Trinajstić information content (AvgIpc) is 2.32. The minimum atomic E-state index is -1.97. The fourth-order valence-corrected chi connectivity index (χ4v) is 1.45. The highest BCUT2D eigenvalue weighted by Crippen LogP contribution is 2.28. The van der Waals surface area contributed by atoms with Crippen molar-refractivity contribution in [3.05, 3.63) is 39.2 Å². The van der Waals surface area contributed by atoms with Gasteiger partial charge in [0.25, 0.3) is 0 Å². The molecule has 1 aromatic carbocycles. The van der Waals surface area contributed by atoms with Crippen LogP contribution in [0.1, 0.15) is 23.7 Å². The summed E-state index contributed by atoms with van der Waals surface area (Å²) in [7, 11) is 0. The highest BCUT2D eigenvalue weighted by atomic mass is 19.2. The molecular formula is C11H8F3NO5. The Morgan fingerprint density at radius 1 is 1.30 bits per heavy atom. The van der Waals surface area contributed by atoms with Gasteiger partial charge in [0.1, 0.15) is 17.8 Å². The lowest BCUT2D eigenvalue weighted by Gasteiger charge is -2.05. The summed E-state index contributed by atoms with van der Waals surface area (Å²) in [4.78, 5) is 31.9. The van der Waals surface area contributed by atoms with Crippen molar-refractivity contribution >= 4 is 17.4 Å². The number of nitro benzene ring substituents is 1. The second kappa shape index (κ2) is 6.13. The van der Waals surface area contributed by atoms with Crippen molar-refractivity contribution < 1.29 is 32.4 Å². The summed E-state index contributed by atoms with van der Waals surface area (Å²) in [6.07, 6.45) is -1.02. The lowest BCUT2D eigenvalue weighted by Crippen LogP contribution is -2.15. The number of hydrogen-bond donors (Lipinski definition) is 0. The van der Waals surface area contributed by atoms with E-state index < -0.39 is 51.8 Å². The smallest absolute Gasteiger partial charge is 0.321 e. The topological polar surface area (TPSA) is 86.5 Å². The number of nitrogens with zero attached hydrogens (tertiary/aromatic N) is 1. The van der Waals surface area contributed by atoms with Gasteiger partial charge in [-0.25, -0.2) is 8.78 Å². The molecule has 20 heavy (non-hydrogen) atoms. The maximum absolute atomic E-state index is 13.5. The molecule has 0 radical (unpaired) electrons. The van der Waals surface area contributed by atoms with Crippen molar-refractivity contribution in [3.8, 4) is 0 Å². The second-order valence-corrected chi connectivity index (χ2v) is 3.54. The molecule has 0 saturated carbocycles. The molecule has 0 aliphatic carbocycles. The third kappa shape index (κ3) is 3.11. The molecule has 0 saturated heterocycles. The zero-order chi connectivity index (χ0) is 15.4.